The van der Waals surface area contributed by atoms with Crippen LogP contribution in [0.25, 0.3) is 0 Å². The number of nitrogens with zero attached hydrogens (tertiary/aromatic N) is 1. The van der Waals surface area contributed by atoms with Gasteiger partial charge in [-0.2, -0.15) is 0 Å². The predicted molar refractivity (Wildman–Crippen MR) is 105 cm³/mol. The van der Waals surface area contributed by atoms with Crippen molar-refractivity contribution < 1.29 is 19.1 Å². The van der Waals surface area contributed by atoms with Crippen molar-refractivity contribution in [2.45, 2.75) is 39.3 Å². The number of amides is 1. The number of fused-ring (bicyclic) bond motifs is 1. The molecule has 3 rings (SSSR count). The third-order valence-corrected chi connectivity index (χ3v) is 6.58. The lowest BCUT2D eigenvalue weighted by Crippen LogP contribution is -2.80. The van der Waals surface area contributed by atoms with Crippen molar-refractivity contribution in [2.24, 2.45) is 5.73 Å². The highest BCUT2D eigenvalue weighted by molar-refractivity contribution is 8.01. The second kappa shape index (κ2) is 6.81. The van der Waals surface area contributed by atoms with Crippen LogP contribution in [-0.4, -0.2) is 54.7 Å². The van der Waals surface area contributed by atoms with Crippen LogP contribution in [-0.2, 0) is 14.3 Å². The first kappa shape index (κ1) is 20.7. The summed E-state index contributed by atoms with van der Waals surface area (Å²) in [5, 5.41) is -0.682. The first-order valence-corrected chi connectivity index (χ1v) is 10.0. The van der Waals surface area contributed by atoms with Gasteiger partial charge in [0.05, 0.1) is 0 Å². The van der Waals surface area contributed by atoms with E-state index in [1.165, 1.54) is 16.7 Å². The minimum atomic E-state index is -1.76. The summed E-state index contributed by atoms with van der Waals surface area (Å²) in [6.45, 7) is 3.10. The number of carbonyl (C=O) groups excluding carboxylic acids is 3. The Labute approximate surface area is 175 Å². The zero-order chi connectivity index (χ0) is 20.2. The summed E-state index contributed by atoms with van der Waals surface area (Å²) in [6, 6.07) is 7.42. The SMILES string of the molecule is CC1(C)S[C@H]2N(C(=O)C2(N)C(=O)c2ccccc2)[C@H]1C(=O)OCC(Cl)(Cl)Cl. The number of hydrogen-bond acceptors (Lipinski definition) is 6. The molecule has 0 aromatic heterocycles. The van der Waals surface area contributed by atoms with Gasteiger partial charge in [0.1, 0.15) is 18.0 Å². The number of carbonyl (C=O) groups is 3. The van der Waals surface area contributed by atoms with Crippen molar-refractivity contribution in [3.8, 4) is 0 Å². The van der Waals surface area contributed by atoms with Crippen molar-refractivity contribution in [3.63, 3.8) is 0 Å². The average molecular weight is 452 g/mol. The first-order valence-electron chi connectivity index (χ1n) is 8.02. The molecule has 0 spiro atoms. The van der Waals surface area contributed by atoms with Crippen LogP contribution in [0.2, 0.25) is 0 Å². The number of esters is 1. The highest BCUT2D eigenvalue weighted by Gasteiger charge is 2.73. The van der Waals surface area contributed by atoms with Gasteiger partial charge in [-0.05, 0) is 13.8 Å². The molecule has 27 heavy (non-hydrogen) atoms. The van der Waals surface area contributed by atoms with E-state index >= 15 is 0 Å². The van der Waals surface area contributed by atoms with Crippen LogP contribution in [0.3, 0.4) is 0 Å². The molecular weight excluding hydrogens is 435 g/mol. The summed E-state index contributed by atoms with van der Waals surface area (Å²) in [5.74, 6) is -1.80. The molecule has 146 valence electrons. The molecule has 3 atom stereocenters. The monoisotopic (exact) mass is 450 g/mol. The average Bonchev–Trinajstić information content (AvgIpc) is 2.87. The van der Waals surface area contributed by atoms with E-state index in [1.54, 1.807) is 44.2 Å². The number of ketones is 1. The van der Waals surface area contributed by atoms with Crippen molar-refractivity contribution in [2.75, 3.05) is 6.61 Å². The van der Waals surface area contributed by atoms with E-state index in [-0.39, 0.29) is 0 Å². The molecule has 1 amide bonds. The Hall–Kier alpha value is -0.990. The van der Waals surface area contributed by atoms with Crippen LogP contribution >= 0.6 is 46.6 Å². The van der Waals surface area contributed by atoms with Gasteiger partial charge < -0.3 is 15.4 Å². The van der Waals surface area contributed by atoms with E-state index in [0.717, 1.165) is 0 Å². The van der Waals surface area contributed by atoms with Gasteiger partial charge in [-0.25, -0.2) is 4.79 Å². The molecule has 0 saturated carbocycles. The van der Waals surface area contributed by atoms with E-state index < -0.39 is 49.8 Å². The van der Waals surface area contributed by atoms with Crippen LogP contribution in [0.4, 0.5) is 0 Å². The van der Waals surface area contributed by atoms with Crippen molar-refractivity contribution in [3.05, 3.63) is 35.9 Å². The molecule has 2 N–H and O–H groups in total. The number of benzene rings is 1. The predicted octanol–water partition coefficient (Wildman–Crippen LogP) is 2.54. The smallest absolute Gasteiger partial charge is 0.330 e. The molecule has 2 heterocycles. The summed E-state index contributed by atoms with van der Waals surface area (Å²) < 4.78 is 2.58. The zero-order valence-corrected chi connectivity index (χ0v) is 17.5. The van der Waals surface area contributed by atoms with Crippen LogP contribution in [0.15, 0.2) is 30.3 Å². The van der Waals surface area contributed by atoms with Crippen molar-refractivity contribution in [1.82, 2.24) is 4.90 Å². The number of thioether (sulfide) groups is 1. The van der Waals surface area contributed by atoms with E-state index in [0.29, 0.717) is 5.56 Å². The third-order valence-electron chi connectivity index (χ3n) is 4.60. The largest absolute Gasteiger partial charge is 0.460 e. The zero-order valence-electron chi connectivity index (χ0n) is 14.4. The number of β-lactam (4-membered cyclic amide) rings is 1. The second-order valence-electron chi connectivity index (χ2n) is 6.98. The fourth-order valence-electron chi connectivity index (χ4n) is 3.34. The summed E-state index contributed by atoms with van der Waals surface area (Å²) in [5.41, 5.74) is 4.87. The normalized spacial score (nSPS) is 29.1. The lowest BCUT2D eigenvalue weighted by molar-refractivity contribution is -0.165. The topological polar surface area (TPSA) is 89.7 Å². The van der Waals surface area contributed by atoms with Gasteiger partial charge in [0.15, 0.2) is 11.3 Å². The third kappa shape index (κ3) is 3.44. The molecule has 2 saturated heterocycles. The van der Waals surface area contributed by atoms with E-state index in [1.807, 2.05) is 0 Å². The Bertz CT molecular complexity index is 799. The quantitative estimate of drug-likeness (QED) is 0.249. The number of nitrogens with two attached hydrogens (primary N) is 1. The molecule has 1 aromatic rings. The summed E-state index contributed by atoms with van der Waals surface area (Å²) >= 11 is 18.1. The molecule has 0 radical (unpaired) electrons. The molecule has 0 aliphatic carbocycles. The van der Waals surface area contributed by atoms with Gasteiger partial charge >= 0.3 is 5.97 Å². The number of Topliss-reactive ketones (excluding diaryl/α,β-unsaturated/α-hetero) is 1. The van der Waals surface area contributed by atoms with E-state index in [2.05, 4.69) is 0 Å². The fraction of sp³-hybridized carbons (Fsp3) is 0.471. The standard InChI is InChI=1S/C17H17Cl3N2O4S/c1-15(2)10(12(24)26-8-16(18,19)20)22-13(25)17(21,14(22)27-15)11(23)9-6-4-3-5-7-9/h3-7,10,14H,8,21H2,1-2H3/t10-,14+,17?/m0/s1. The van der Waals surface area contributed by atoms with E-state index in [9.17, 15) is 14.4 Å². The molecule has 10 heteroatoms. The van der Waals surface area contributed by atoms with Gasteiger partial charge in [0.25, 0.3) is 5.91 Å². The first-order chi connectivity index (χ1) is 12.4. The van der Waals surface area contributed by atoms with Crippen LogP contribution in [0, 0.1) is 0 Å². The second-order valence-corrected chi connectivity index (χ2v) is 11.2. The number of alkyl halides is 3. The number of rotatable bonds is 4. The van der Waals surface area contributed by atoms with Gasteiger partial charge in [0, 0.05) is 10.3 Å². The lowest BCUT2D eigenvalue weighted by Gasteiger charge is -2.49. The molecular formula is C17H17Cl3N2O4S. The van der Waals surface area contributed by atoms with Crippen LogP contribution in [0.5, 0.6) is 0 Å². The maximum absolute atomic E-state index is 12.9. The lowest BCUT2D eigenvalue weighted by atomic mass is 9.79. The number of ether oxygens (including phenoxy) is 1. The summed E-state index contributed by atoms with van der Waals surface area (Å²) in [4.78, 5) is 39.6. The molecule has 2 aliphatic rings. The van der Waals surface area contributed by atoms with Gasteiger partial charge in [-0.15, -0.1) is 11.8 Å². The Morgan fingerprint density at radius 2 is 1.85 bits per heavy atom. The molecule has 2 fully saturated rings. The van der Waals surface area contributed by atoms with Gasteiger partial charge in [0.2, 0.25) is 3.79 Å². The minimum absolute atomic E-state index is 0.341. The number of hydrogen-bond donors (Lipinski definition) is 1. The van der Waals surface area contributed by atoms with Gasteiger partial charge in [-0.1, -0.05) is 65.1 Å². The van der Waals surface area contributed by atoms with E-state index in [4.69, 9.17) is 45.3 Å². The van der Waals surface area contributed by atoms with Crippen LogP contribution < -0.4 is 5.73 Å². The van der Waals surface area contributed by atoms with Crippen LogP contribution in [0.1, 0.15) is 24.2 Å². The Kier molecular flexibility index (Phi) is 5.23. The molecule has 6 nitrogen and oxygen atoms in total. The van der Waals surface area contributed by atoms with Crippen molar-refractivity contribution in [1.29, 1.82) is 0 Å². The summed E-state index contributed by atoms with van der Waals surface area (Å²) in [6.07, 6.45) is 0. The molecule has 1 unspecified atom stereocenters. The minimum Gasteiger partial charge on any atom is -0.460 e. The fourth-order valence-corrected chi connectivity index (χ4v) is 5.14. The Balaban J connectivity index is 1.85. The summed E-state index contributed by atoms with van der Waals surface area (Å²) in [7, 11) is 0. The highest BCUT2D eigenvalue weighted by Crippen LogP contribution is 2.55. The molecule has 1 aromatic carbocycles. The molecule has 0 bridgehead atoms. The highest BCUT2D eigenvalue weighted by atomic mass is 35.6. The Morgan fingerprint density at radius 1 is 1.26 bits per heavy atom. The number of halogens is 3. The molecule has 2 aliphatic heterocycles. The maximum Gasteiger partial charge on any atom is 0.330 e. The van der Waals surface area contributed by atoms with Crippen molar-refractivity contribution >= 4 is 64.2 Å². The maximum atomic E-state index is 12.9. The Morgan fingerprint density at radius 3 is 2.41 bits per heavy atom. The van der Waals surface area contributed by atoms with Gasteiger partial charge in [-0.3, -0.25) is 9.59 Å².